The van der Waals surface area contributed by atoms with E-state index < -0.39 is 34.0 Å². The van der Waals surface area contributed by atoms with Gasteiger partial charge in [-0.2, -0.15) is 4.72 Å². The molecule has 4 atom stereocenters. The van der Waals surface area contributed by atoms with Crippen molar-refractivity contribution >= 4 is 15.9 Å². The molecule has 12 heteroatoms. The number of piperidine rings is 1. The van der Waals surface area contributed by atoms with Gasteiger partial charge in [-0.25, -0.2) is 8.42 Å². The number of ether oxygens (including phenoxy) is 4. The predicted octanol–water partition coefficient (Wildman–Crippen LogP) is 6.74. The molecular formula is C48H53N3O8S. The van der Waals surface area contributed by atoms with Gasteiger partial charge in [0.1, 0.15) is 6.04 Å². The molecular weight excluding hydrogens is 779 g/mol. The summed E-state index contributed by atoms with van der Waals surface area (Å²) in [5.41, 5.74) is 7.42. The Labute approximate surface area is 352 Å². The van der Waals surface area contributed by atoms with Gasteiger partial charge >= 0.3 is 0 Å². The number of likely N-dealkylation sites (tertiary alicyclic amines) is 1. The minimum absolute atomic E-state index is 0.0119. The standard InChI is InChI=1S/C48H53N3O8S/c1-34-10-20-43(21-11-34)60(54,55)50-44(29-35-6-3-2-4-7-35)46(53)49-31-37-8-5-9-41(28-37)38-16-18-40(19-17-38)47-58-42(30-45(59-47)39-14-12-36(33-52)13-15-39)32-51-24-22-48(23-25-51)56-26-27-57-48/h2-21,28,42,44-45,47,50,52H,22-27,29-33H2,1H3,(H,49,53)/t42-,44-,45+,47+/m1/s1. The zero-order valence-electron chi connectivity index (χ0n) is 33.9. The fraction of sp³-hybridized carbons (Fsp3) is 0.354. The molecule has 0 aliphatic carbocycles. The summed E-state index contributed by atoms with van der Waals surface area (Å²) < 4.78 is 54.6. The van der Waals surface area contributed by atoms with Gasteiger partial charge in [0.2, 0.25) is 15.9 Å². The number of carbonyl (C=O) groups is 1. The van der Waals surface area contributed by atoms with Gasteiger partial charge in [-0.15, -0.1) is 0 Å². The van der Waals surface area contributed by atoms with Gasteiger partial charge in [0.25, 0.3) is 0 Å². The normalized spacial score (nSPS) is 21.1. The first kappa shape index (κ1) is 42.0. The van der Waals surface area contributed by atoms with Crippen molar-refractivity contribution in [1.82, 2.24) is 14.9 Å². The minimum Gasteiger partial charge on any atom is -0.392 e. The molecule has 5 aromatic rings. The summed E-state index contributed by atoms with van der Waals surface area (Å²) in [7, 11) is -3.96. The summed E-state index contributed by atoms with van der Waals surface area (Å²) in [6, 6.07) is 39.0. The van der Waals surface area contributed by atoms with Gasteiger partial charge in [0.15, 0.2) is 12.1 Å². The van der Waals surface area contributed by atoms with E-state index in [9.17, 15) is 18.3 Å². The molecule has 5 aromatic carbocycles. The van der Waals surface area contributed by atoms with Gasteiger partial charge in [0, 0.05) is 51.0 Å². The molecule has 11 nitrogen and oxygen atoms in total. The molecule has 60 heavy (non-hydrogen) atoms. The molecule has 314 valence electrons. The molecule has 0 radical (unpaired) electrons. The first-order valence-corrected chi connectivity index (χ1v) is 22.2. The smallest absolute Gasteiger partial charge is 0.241 e. The van der Waals surface area contributed by atoms with Gasteiger partial charge in [-0.1, -0.05) is 115 Å². The second kappa shape index (κ2) is 18.9. The van der Waals surface area contributed by atoms with Crippen LogP contribution in [0.1, 0.15) is 65.0 Å². The Bertz CT molecular complexity index is 2290. The largest absolute Gasteiger partial charge is 0.392 e. The number of amides is 1. The van der Waals surface area contributed by atoms with Crippen LogP contribution in [0.3, 0.4) is 0 Å². The highest BCUT2D eigenvalue weighted by Gasteiger charge is 2.41. The second-order valence-corrected chi connectivity index (χ2v) is 17.7. The number of nitrogens with one attached hydrogen (secondary N) is 2. The Hall–Kier alpha value is -4.76. The second-order valence-electron chi connectivity index (χ2n) is 16.0. The van der Waals surface area contributed by atoms with E-state index in [0.29, 0.717) is 19.6 Å². The van der Waals surface area contributed by atoms with E-state index in [1.807, 2.05) is 97.9 Å². The van der Waals surface area contributed by atoms with E-state index in [2.05, 4.69) is 27.1 Å². The predicted molar refractivity (Wildman–Crippen MR) is 228 cm³/mol. The van der Waals surface area contributed by atoms with E-state index in [1.54, 1.807) is 24.3 Å². The van der Waals surface area contributed by atoms with Crippen LogP contribution in [0.15, 0.2) is 132 Å². The lowest BCUT2D eigenvalue weighted by atomic mass is 9.98. The zero-order chi connectivity index (χ0) is 41.5. The van der Waals surface area contributed by atoms with E-state index in [0.717, 1.165) is 77.0 Å². The first-order chi connectivity index (χ1) is 29.1. The lowest BCUT2D eigenvalue weighted by molar-refractivity contribution is -0.255. The SMILES string of the molecule is Cc1ccc(S(=O)(=O)N[C@H](Cc2ccccc2)C(=O)NCc2cccc(-c3ccc([C@H]4O[C@@H](CN5CCC6(CC5)OCCO6)C[C@@H](c5ccc(CO)cc5)O4)cc3)c2)cc1. The molecule has 3 fully saturated rings. The van der Waals surface area contributed by atoms with Crippen LogP contribution in [-0.2, 0) is 53.3 Å². The lowest BCUT2D eigenvalue weighted by Gasteiger charge is -2.41. The Morgan fingerprint density at radius 2 is 1.47 bits per heavy atom. The van der Waals surface area contributed by atoms with E-state index in [1.165, 1.54) is 0 Å². The highest BCUT2D eigenvalue weighted by Crippen LogP contribution is 2.39. The number of hydrogen-bond acceptors (Lipinski definition) is 9. The fourth-order valence-corrected chi connectivity index (χ4v) is 9.39. The Balaban J connectivity index is 0.936. The van der Waals surface area contributed by atoms with Crippen molar-refractivity contribution < 1.29 is 37.3 Å². The molecule has 3 aliphatic heterocycles. The number of sulfonamides is 1. The number of benzene rings is 5. The Morgan fingerprint density at radius 3 is 2.17 bits per heavy atom. The third-order valence-electron chi connectivity index (χ3n) is 11.6. The Morgan fingerprint density at radius 1 is 0.783 bits per heavy atom. The average Bonchev–Trinajstić information content (AvgIpc) is 3.74. The van der Waals surface area contributed by atoms with E-state index in [4.69, 9.17) is 18.9 Å². The number of rotatable bonds is 14. The van der Waals surface area contributed by atoms with Gasteiger partial charge in [0.05, 0.1) is 36.9 Å². The maximum absolute atomic E-state index is 13.7. The minimum atomic E-state index is -3.96. The molecule has 0 aromatic heterocycles. The van der Waals surface area contributed by atoms with Crippen LogP contribution < -0.4 is 10.0 Å². The zero-order valence-corrected chi connectivity index (χ0v) is 34.7. The Kier molecular flexibility index (Phi) is 13.2. The highest BCUT2D eigenvalue weighted by molar-refractivity contribution is 7.89. The van der Waals surface area contributed by atoms with Crippen LogP contribution in [-0.4, -0.2) is 75.1 Å². The van der Waals surface area contributed by atoms with Crippen LogP contribution >= 0.6 is 0 Å². The maximum Gasteiger partial charge on any atom is 0.241 e. The van der Waals surface area contributed by atoms with Crippen molar-refractivity contribution in [2.24, 2.45) is 0 Å². The van der Waals surface area contributed by atoms with Gasteiger partial charge in [-0.05, 0) is 64.9 Å². The van der Waals surface area contributed by atoms with Crippen molar-refractivity contribution in [2.45, 2.75) is 81.0 Å². The first-order valence-electron chi connectivity index (χ1n) is 20.7. The molecule has 3 heterocycles. The number of aliphatic hydroxyl groups is 1. The number of carbonyl (C=O) groups excluding carboxylic acids is 1. The molecule has 3 N–H and O–H groups in total. The van der Waals surface area contributed by atoms with Gasteiger partial charge < -0.3 is 34.3 Å². The lowest BCUT2D eigenvalue weighted by Crippen LogP contribution is -2.48. The van der Waals surface area contributed by atoms with Crippen molar-refractivity contribution in [3.63, 3.8) is 0 Å². The van der Waals surface area contributed by atoms with Crippen LogP contribution in [0, 0.1) is 6.92 Å². The molecule has 0 unspecified atom stereocenters. The summed E-state index contributed by atoms with van der Waals surface area (Å²) in [6.07, 6.45) is 1.75. The molecule has 8 rings (SSSR count). The van der Waals surface area contributed by atoms with Crippen molar-refractivity contribution in [3.05, 3.63) is 161 Å². The summed E-state index contributed by atoms with van der Waals surface area (Å²) >= 11 is 0. The number of aryl methyl sites for hydroxylation is 1. The number of nitrogens with zero attached hydrogens (tertiary/aromatic N) is 1. The van der Waals surface area contributed by atoms with Crippen LogP contribution in [0.25, 0.3) is 11.1 Å². The molecule has 3 saturated heterocycles. The summed E-state index contributed by atoms with van der Waals surface area (Å²) in [5.74, 6) is -0.850. The topological polar surface area (TPSA) is 136 Å². The summed E-state index contributed by atoms with van der Waals surface area (Å²) in [5, 5.41) is 12.6. The van der Waals surface area contributed by atoms with Crippen LogP contribution in [0.5, 0.6) is 0 Å². The molecule has 1 amide bonds. The summed E-state index contributed by atoms with van der Waals surface area (Å²) in [6.45, 7) is 5.93. The fourth-order valence-electron chi connectivity index (χ4n) is 8.20. The van der Waals surface area contributed by atoms with Crippen molar-refractivity contribution in [2.75, 3.05) is 32.8 Å². The quantitative estimate of drug-likeness (QED) is 0.111. The monoisotopic (exact) mass is 831 g/mol. The molecule has 3 aliphatic rings. The van der Waals surface area contributed by atoms with Crippen LogP contribution in [0.2, 0.25) is 0 Å². The van der Waals surface area contributed by atoms with E-state index >= 15 is 0 Å². The van der Waals surface area contributed by atoms with Crippen LogP contribution in [0.4, 0.5) is 0 Å². The maximum atomic E-state index is 13.7. The van der Waals surface area contributed by atoms with E-state index in [-0.39, 0.29) is 36.7 Å². The van der Waals surface area contributed by atoms with Crippen molar-refractivity contribution in [1.29, 1.82) is 0 Å². The molecule has 1 spiro atoms. The number of aliphatic hydroxyl groups excluding tert-OH is 1. The van der Waals surface area contributed by atoms with Gasteiger partial charge in [-0.3, -0.25) is 4.79 Å². The highest BCUT2D eigenvalue weighted by atomic mass is 32.2. The third-order valence-corrected chi connectivity index (χ3v) is 13.1. The molecule has 0 bridgehead atoms. The molecule has 0 saturated carbocycles. The third kappa shape index (κ3) is 10.4. The summed E-state index contributed by atoms with van der Waals surface area (Å²) in [4.78, 5) is 16.2. The van der Waals surface area contributed by atoms with Crippen molar-refractivity contribution in [3.8, 4) is 11.1 Å². The average molecular weight is 832 g/mol. The number of hydrogen-bond donors (Lipinski definition) is 3.